The summed E-state index contributed by atoms with van der Waals surface area (Å²) < 4.78 is 13.7. The summed E-state index contributed by atoms with van der Waals surface area (Å²) in [6.45, 7) is 0. The predicted octanol–water partition coefficient (Wildman–Crippen LogP) is 30.8. The van der Waals surface area contributed by atoms with Gasteiger partial charge < -0.3 is 23.4 Å². The number of hydrogen-bond acceptors (Lipinski definition) is 4. The molecule has 0 radical (unpaired) electrons. The van der Waals surface area contributed by atoms with Crippen molar-refractivity contribution in [2.45, 2.75) is 0 Å². The molecule has 114 heavy (non-hydrogen) atoms. The van der Waals surface area contributed by atoms with Crippen molar-refractivity contribution in [3.63, 3.8) is 0 Å². The van der Waals surface area contributed by atoms with E-state index in [9.17, 15) is 0 Å². The molecule has 0 aliphatic carbocycles. The van der Waals surface area contributed by atoms with Crippen molar-refractivity contribution in [2.24, 2.45) is 0 Å². The first kappa shape index (κ1) is 66.2. The Balaban J connectivity index is 0.582. The fourth-order valence-corrected chi connectivity index (χ4v) is 18.7. The summed E-state index contributed by atoms with van der Waals surface area (Å²) in [7, 11) is 0. The van der Waals surface area contributed by atoms with Crippen LogP contribution in [-0.4, -0.2) is 9.13 Å². The summed E-state index contributed by atoms with van der Waals surface area (Å²) in [6, 6.07) is 155. The average Bonchev–Trinajstić information content (AvgIpc) is 1.61. The Hall–Kier alpha value is -14.8. The van der Waals surface area contributed by atoms with Crippen LogP contribution in [0.15, 0.2) is 429 Å². The zero-order valence-corrected chi connectivity index (χ0v) is 62.8. The summed E-state index contributed by atoms with van der Waals surface area (Å²) >= 11 is 1.88. The molecule has 18 aromatic carbocycles. The highest BCUT2D eigenvalue weighted by atomic mass is 32.1. The molecule has 0 unspecified atom stereocenters. The highest BCUT2D eigenvalue weighted by molar-refractivity contribution is 7.26. The third-order valence-electron chi connectivity index (χ3n) is 23.0. The van der Waals surface area contributed by atoms with Crippen LogP contribution in [0, 0.1) is 0 Å². The van der Waals surface area contributed by atoms with Crippen LogP contribution in [0.25, 0.3) is 175 Å². The van der Waals surface area contributed by atoms with Gasteiger partial charge in [0.25, 0.3) is 0 Å². The molecule has 22 aromatic rings. The standard InChI is InChI=1S/C108H70N4OS/c1-2-19-71(20-3-1)72-39-52-83(53-40-72)110(86-58-45-75(46-59-86)80-23-18-26-90(69-80)112-102-35-12-6-29-95(102)96-30-7-13-36-103(96)112)88-62-49-77(50-63-88)91-65-66-92(108-107(91)99-32-9-15-38-106(99)114-108)82-24-16-21-78(67-82)73-41-54-84(55-42-73)109(87-60-47-76(48-61-87)81-51-64-98-97-31-8-14-37-104(97)113-105(98)70-81)85-56-43-74(44-57-85)79-22-17-25-89(68-79)111-100-33-10-4-27-93(100)94-28-5-11-34-101(94)111/h1-70H. The van der Waals surface area contributed by atoms with Gasteiger partial charge in [-0.1, -0.05) is 273 Å². The van der Waals surface area contributed by atoms with Gasteiger partial charge in [-0.05, 0) is 230 Å². The molecule has 0 bridgehead atoms. The SMILES string of the molecule is c1ccc(-c2ccc(N(c3ccc(-c4cccc(-n5c6ccccc6c6ccccc65)c4)cc3)c3ccc(-c4ccc(-c5cccc(-c6ccc(N(c7ccc(-c8cccc(-n9c%10ccccc%10c%10ccccc%109)c8)cc7)c7ccc(-c8ccc9c(c8)oc8ccccc89)cc7)cc6)c5)c5sc6ccccc6c45)cc3)cc2)cc1. The number of nitrogens with zero attached hydrogens (tertiary/aromatic N) is 4. The summed E-state index contributed by atoms with van der Waals surface area (Å²) in [4.78, 5) is 4.75. The van der Waals surface area contributed by atoms with Gasteiger partial charge in [-0.15, -0.1) is 11.3 Å². The largest absolute Gasteiger partial charge is 0.456 e. The van der Waals surface area contributed by atoms with E-state index in [-0.39, 0.29) is 0 Å². The van der Waals surface area contributed by atoms with Crippen LogP contribution in [-0.2, 0) is 0 Å². The third kappa shape index (κ3) is 11.5. The molecule has 0 saturated carbocycles. The van der Waals surface area contributed by atoms with Crippen LogP contribution in [0.4, 0.5) is 34.1 Å². The molecular formula is C108H70N4OS. The molecule has 0 aliphatic heterocycles. The summed E-state index contributed by atoms with van der Waals surface area (Å²) in [5.41, 5.74) is 31.4. The lowest BCUT2D eigenvalue weighted by Crippen LogP contribution is -2.09. The number of furan rings is 1. The van der Waals surface area contributed by atoms with Gasteiger partial charge in [0, 0.05) is 98.0 Å². The Bertz CT molecular complexity index is 7330. The molecule has 0 saturated heterocycles. The number of para-hydroxylation sites is 5. The highest BCUT2D eigenvalue weighted by Crippen LogP contribution is 2.48. The fourth-order valence-electron chi connectivity index (χ4n) is 17.4. The second kappa shape index (κ2) is 27.6. The molecule has 0 atom stereocenters. The highest BCUT2D eigenvalue weighted by Gasteiger charge is 2.22. The first-order valence-electron chi connectivity index (χ1n) is 38.9. The maximum Gasteiger partial charge on any atom is 0.136 e. The van der Waals surface area contributed by atoms with E-state index in [1.807, 2.05) is 23.5 Å². The van der Waals surface area contributed by atoms with Gasteiger partial charge in [0.1, 0.15) is 11.2 Å². The first-order valence-corrected chi connectivity index (χ1v) is 39.7. The molecule has 4 heterocycles. The second-order valence-electron chi connectivity index (χ2n) is 29.5. The molecule has 0 fully saturated rings. The maximum atomic E-state index is 6.37. The van der Waals surface area contributed by atoms with E-state index >= 15 is 0 Å². The number of benzene rings is 18. The number of thiophene rings is 1. The number of fused-ring (bicyclic) bond motifs is 12. The van der Waals surface area contributed by atoms with E-state index in [0.717, 1.165) is 118 Å². The minimum atomic E-state index is 0.884. The van der Waals surface area contributed by atoms with Gasteiger partial charge in [-0.3, -0.25) is 0 Å². The topological polar surface area (TPSA) is 29.5 Å². The Kier molecular flexibility index (Phi) is 16.0. The van der Waals surface area contributed by atoms with Crippen molar-refractivity contribution >= 4 is 131 Å². The Labute approximate surface area is 663 Å². The lowest BCUT2D eigenvalue weighted by atomic mass is 9.93. The van der Waals surface area contributed by atoms with Crippen molar-refractivity contribution in [1.82, 2.24) is 9.13 Å². The van der Waals surface area contributed by atoms with Gasteiger partial charge >= 0.3 is 0 Å². The lowest BCUT2D eigenvalue weighted by Gasteiger charge is -2.26. The number of rotatable bonds is 15. The molecular weight excluding hydrogens is 1400 g/mol. The van der Waals surface area contributed by atoms with Crippen LogP contribution in [0.5, 0.6) is 0 Å². The van der Waals surface area contributed by atoms with Crippen LogP contribution in [0.1, 0.15) is 0 Å². The first-order chi connectivity index (χ1) is 56.5. The van der Waals surface area contributed by atoms with Gasteiger partial charge in [-0.2, -0.15) is 0 Å². The summed E-state index contributed by atoms with van der Waals surface area (Å²) in [5, 5.41) is 9.78. The van der Waals surface area contributed by atoms with Crippen molar-refractivity contribution < 1.29 is 4.42 Å². The normalized spacial score (nSPS) is 11.7. The van der Waals surface area contributed by atoms with Crippen LogP contribution in [0.3, 0.4) is 0 Å². The van der Waals surface area contributed by atoms with E-state index in [1.165, 1.54) is 91.6 Å². The van der Waals surface area contributed by atoms with Gasteiger partial charge in [0.05, 0.1) is 22.1 Å². The van der Waals surface area contributed by atoms with Crippen molar-refractivity contribution in [1.29, 1.82) is 0 Å². The molecule has 22 rings (SSSR count). The number of anilines is 6. The van der Waals surface area contributed by atoms with Crippen LogP contribution < -0.4 is 9.80 Å². The molecule has 0 N–H and O–H groups in total. The maximum absolute atomic E-state index is 6.37. The predicted molar refractivity (Wildman–Crippen MR) is 483 cm³/mol. The molecule has 5 nitrogen and oxygen atoms in total. The van der Waals surface area contributed by atoms with Crippen molar-refractivity contribution in [2.75, 3.05) is 9.80 Å². The summed E-state index contributed by atoms with van der Waals surface area (Å²) in [6.07, 6.45) is 0. The Morgan fingerprint density at radius 2 is 0.526 bits per heavy atom. The second-order valence-corrected chi connectivity index (χ2v) is 30.6. The smallest absolute Gasteiger partial charge is 0.136 e. The molecule has 0 amide bonds. The molecule has 6 heteroatoms. The van der Waals surface area contributed by atoms with E-state index in [4.69, 9.17) is 4.42 Å². The van der Waals surface area contributed by atoms with E-state index in [0.29, 0.717) is 0 Å². The molecule has 0 aliphatic rings. The van der Waals surface area contributed by atoms with Gasteiger partial charge in [-0.25, -0.2) is 0 Å². The van der Waals surface area contributed by atoms with Crippen LogP contribution >= 0.6 is 11.3 Å². The van der Waals surface area contributed by atoms with Gasteiger partial charge in [0.15, 0.2) is 0 Å². The van der Waals surface area contributed by atoms with Crippen molar-refractivity contribution in [3.05, 3.63) is 425 Å². The fraction of sp³-hybridized carbons (Fsp3) is 0. The quantitative estimate of drug-likeness (QED) is 0.102. The Morgan fingerprint density at radius 1 is 0.202 bits per heavy atom. The van der Waals surface area contributed by atoms with Crippen LogP contribution in [0.2, 0.25) is 0 Å². The molecule has 0 spiro atoms. The Morgan fingerprint density at radius 3 is 1.00 bits per heavy atom. The zero-order valence-electron chi connectivity index (χ0n) is 62.0. The van der Waals surface area contributed by atoms with E-state index in [1.54, 1.807) is 0 Å². The average molecular weight is 1470 g/mol. The monoisotopic (exact) mass is 1470 g/mol. The minimum absolute atomic E-state index is 0.884. The zero-order chi connectivity index (χ0) is 75.2. The molecule has 4 aromatic heterocycles. The number of aromatic nitrogens is 2. The molecule has 534 valence electrons. The summed E-state index contributed by atoms with van der Waals surface area (Å²) in [5.74, 6) is 0. The lowest BCUT2D eigenvalue weighted by molar-refractivity contribution is 0.669. The number of hydrogen-bond donors (Lipinski definition) is 0. The minimum Gasteiger partial charge on any atom is -0.456 e. The van der Waals surface area contributed by atoms with E-state index in [2.05, 4.69) is 431 Å². The third-order valence-corrected chi connectivity index (χ3v) is 24.2. The van der Waals surface area contributed by atoms with Gasteiger partial charge in [0.2, 0.25) is 0 Å². The van der Waals surface area contributed by atoms with E-state index < -0.39 is 0 Å². The van der Waals surface area contributed by atoms with Crippen molar-refractivity contribution in [3.8, 4) is 89.3 Å².